The first-order chi connectivity index (χ1) is 10.6. The number of amides is 1. The lowest BCUT2D eigenvalue weighted by atomic mass is 9.81. The molecule has 0 bridgehead atoms. The van der Waals surface area contributed by atoms with E-state index in [4.69, 9.17) is 0 Å². The minimum atomic E-state index is -0.173. The summed E-state index contributed by atoms with van der Waals surface area (Å²) in [6, 6.07) is 7.59. The van der Waals surface area contributed by atoms with Crippen LogP contribution in [0.2, 0.25) is 0 Å². The van der Waals surface area contributed by atoms with Gasteiger partial charge in [0.2, 0.25) is 0 Å². The number of hydrogen-bond acceptors (Lipinski definition) is 4. The van der Waals surface area contributed by atoms with Gasteiger partial charge in [-0.15, -0.1) is 5.10 Å². The first kappa shape index (κ1) is 14.7. The fourth-order valence-corrected chi connectivity index (χ4v) is 3.06. The number of rotatable bonds is 3. The molecule has 1 heterocycles. The number of aromatic nitrogens is 3. The van der Waals surface area contributed by atoms with Crippen LogP contribution in [0.1, 0.15) is 33.1 Å². The molecule has 0 aliphatic heterocycles. The fourth-order valence-electron chi connectivity index (χ4n) is 3.06. The van der Waals surface area contributed by atoms with Gasteiger partial charge in [-0.25, -0.2) is 10.1 Å². The average Bonchev–Trinajstić information content (AvgIpc) is 2.90. The Morgan fingerprint density at radius 2 is 2.05 bits per heavy atom. The van der Waals surface area contributed by atoms with Crippen LogP contribution in [-0.4, -0.2) is 26.6 Å². The molecule has 0 radical (unpaired) electrons. The quantitative estimate of drug-likeness (QED) is 0.884. The van der Waals surface area contributed by atoms with Crippen LogP contribution >= 0.6 is 0 Å². The molecule has 1 aliphatic rings. The van der Waals surface area contributed by atoms with Crippen molar-refractivity contribution in [2.75, 3.05) is 0 Å². The molecule has 6 heteroatoms. The fraction of sp³-hybridized carbons (Fsp3) is 0.500. The lowest BCUT2D eigenvalue weighted by Crippen LogP contribution is -2.30. The predicted molar refractivity (Wildman–Crippen MR) is 85.3 cm³/mol. The van der Waals surface area contributed by atoms with Crippen molar-refractivity contribution in [3.05, 3.63) is 24.3 Å². The van der Waals surface area contributed by atoms with Gasteiger partial charge < -0.3 is 0 Å². The molecule has 3 rings (SSSR count). The lowest BCUT2D eigenvalue weighted by molar-refractivity contribution is -0.121. The van der Waals surface area contributed by atoms with E-state index < -0.39 is 0 Å². The standard InChI is InChI=1S/C16H21N5O/c1-11-6-5-7-12(2)16(11)19-18-15(22)10-21-14-9-4-3-8-13(14)17-20-21/h3-4,8-9,11-12H,5-7,10H2,1-2H3,(H,18,22)/t11-,12-/m0/s1. The zero-order valence-corrected chi connectivity index (χ0v) is 13.0. The van der Waals surface area contributed by atoms with Crippen molar-refractivity contribution in [1.29, 1.82) is 0 Å². The Balaban J connectivity index is 1.67. The Morgan fingerprint density at radius 1 is 1.32 bits per heavy atom. The van der Waals surface area contributed by atoms with Gasteiger partial charge in [-0.05, 0) is 36.8 Å². The Morgan fingerprint density at radius 3 is 2.82 bits per heavy atom. The monoisotopic (exact) mass is 299 g/mol. The van der Waals surface area contributed by atoms with Gasteiger partial charge in [0.1, 0.15) is 12.1 Å². The third-order valence-electron chi connectivity index (χ3n) is 4.31. The molecule has 1 aromatic carbocycles. The van der Waals surface area contributed by atoms with Crippen LogP contribution in [0.25, 0.3) is 11.0 Å². The summed E-state index contributed by atoms with van der Waals surface area (Å²) in [5, 5.41) is 12.4. The number of hydrazone groups is 1. The summed E-state index contributed by atoms with van der Waals surface area (Å²) in [6.07, 6.45) is 3.53. The molecule has 1 amide bonds. The van der Waals surface area contributed by atoms with Gasteiger partial charge in [0.15, 0.2) is 0 Å². The summed E-state index contributed by atoms with van der Waals surface area (Å²) in [5.41, 5.74) is 5.42. The molecule has 116 valence electrons. The molecule has 2 aromatic rings. The molecule has 0 spiro atoms. The largest absolute Gasteiger partial charge is 0.271 e. The molecular weight excluding hydrogens is 278 g/mol. The minimum Gasteiger partial charge on any atom is -0.271 e. The maximum Gasteiger partial charge on any atom is 0.261 e. The number of carbonyl (C=O) groups is 1. The van der Waals surface area contributed by atoms with Crippen molar-refractivity contribution in [1.82, 2.24) is 20.4 Å². The van der Waals surface area contributed by atoms with Crippen LogP contribution in [0.3, 0.4) is 0 Å². The zero-order chi connectivity index (χ0) is 15.5. The first-order valence-corrected chi connectivity index (χ1v) is 7.79. The number of nitrogens with one attached hydrogen (secondary N) is 1. The van der Waals surface area contributed by atoms with Crippen molar-refractivity contribution in [2.24, 2.45) is 16.9 Å². The van der Waals surface area contributed by atoms with Gasteiger partial charge in [-0.3, -0.25) is 4.79 Å². The number of benzene rings is 1. The maximum absolute atomic E-state index is 12.1. The van der Waals surface area contributed by atoms with Gasteiger partial charge in [-0.2, -0.15) is 5.10 Å². The maximum atomic E-state index is 12.1. The SMILES string of the molecule is C[C@H]1CCC[C@H](C)C1=NNC(=O)Cn1nnc2ccccc21. The Labute approximate surface area is 129 Å². The topological polar surface area (TPSA) is 72.2 Å². The highest BCUT2D eigenvalue weighted by molar-refractivity contribution is 5.90. The van der Waals surface area contributed by atoms with E-state index in [0.717, 1.165) is 29.6 Å². The highest BCUT2D eigenvalue weighted by Gasteiger charge is 2.23. The van der Waals surface area contributed by atoms with Crippen molar-refractivity contribution >= 4 is 22.7 Å². The van der Waals surface area contributed by atoms with Crippen LogP contribution in [-0.2, 0) is 11.3 Å². The second-order valence-electron chi connectivity index (χ2n) is 6.04. The Kier molecular flexibility index (Phi) is 4.18. The van der Waals surface area contributed by atoms with E-state index in [2.05, 4.69) is 34.7 Å². The lowest BCUT2D eigenvalue weighted by Gasteiger charge is -2.26. The summed E-state index contributed by atoms with van der Waals surface area (Å²) in [7, 11) is 0. The number of hydrogen-bond donors (Lipinski definition) is 1. The molecule has 6 nitrogen and oxygen atoms in total. The van der Waals surface area contributed by atoms with Gasteiger partial charge in [0, 0.05) is 5.71 Å². The number of nitrogens with zero attached hydrogens (tertiary/aromatic N) is 4. The second kappa shape index (κ2) is 6.25. The van der Waals surface area contributed by atoms with E-state index in [1.807, 2.05) is 24.3 Å². The molecule has 1 N–H and O–H groups in total. The highest BCUT2D eigenvalue weighted by atomic mass is 16.2. The molecule has 0 saturated heterocycles. The van der Waals surface area contributed by atoms with E-state index in [0.29, 0.717) is 11.8 Å². The third-order valence-corrected chi connectivity index (χ3v) is 4.31. The van der Waals surface area contributed by atoms with Crippen molar-refractivity contribution in [2.45, 2.75) is 39.7 Å². The zero-order valence-electron chi connectivity index (χ0n) is 13.0. The molecular formula is C16H21N5O. The van der Waals surface area contributed by atoms with E-state index in [1.165, 1.54) is 6.42 Å². The van der Waals surface area contributed by atoms with Crippen LogP contribution in [0.15, 0.2) is 29.4 Å². The predicted octanol–water partition coefficient (Wildman–Crippen LogP) is 2.36. The Hall–Kier alpha value is -2.24. The summed E-state index contributed by atoms with van der Waals surface area (Å²) in [5.74, 6) is 0.709. The van der Waals surface area contributed by atoms with Crippen molar-refractivity contribution < 1.29 is 4.79 Å². The van der Waals surface area contributed by atoms with Gasteiger partial charge in [0.05, 0.1) is 5.52 Å². The summed E-state index contributed by atoms with van der Waals surface area (Å²) in [4.78, 5) is 12.1. The number of carbonyl (C=O) groups excluding carboxylic acids is 1. The molecule has 1 aliphatic carbocycles. The minimum absolute atomic E-state index is 0.125. The molecule has 0 unspecified atom stereocenters. The summed E-state index contributed by atoms with van der Waals surface area (Å²) in [6.45, 7) is 4.47. The number of fused-ring (bicyclic) bond motifs is 1. The van der Waals surface area contributed by atoms with Gasteiger partial charge in [-0.1, -0.05) is 37.6 Å². The van der Waals surface area contributed by atoms with Gasteiger partial charge >= 0.3 is 0 Å². The third kappa shape index (κ3) is 3.00. The molecule has 1 fully saturated rings. The van der Waals surface area contributed by atoms with Crippen molar-refractivity contribution in [3.8, 4) is 0 Å². The van der Waals surface area contributed by atoms with Crippen molar-refractivity contribution in [3.63, 3.8) is 0 Å². The second-order valence-corrected chi connectivity index (χ2v) is 6.04. The van der Waals surface area contributed by atoms with E-state index in [-0.39, 0.29) is 12.5 Å². The van der Waals surface area contributed by atoms with E-state index in [9.17, 15) is 4.79 Å². The summed E-state index contributed by atoms with van der Waals surface area (Å²) < 4.78 is 1.60. The highest BCUT2D eigenvalue weighted by Crippen LogP contribution is 2.25. The molecule has 1 saturated carbocycles. The van der Waals surface area contributed by atoms with E-state index >= 15 is 0 Å². The Bertz CT molecular complexity index is 693. The van der Waals surface area contributed by atoms with Gasteiger partial charge in [0.25, 0.3) is 5.91 Å². The first-order valence-electron chi connectivity index (χ1n) is 7.79. The van der Waals surface area contributed by atoms with E-state index in [1.54, 1.807) is 4.68 Å². The smallest absolute Gasteiger partial charge is 0.261 e. The summed E-state index contributed by atoms with van der Waals surface area (Å²) >= 11 is 0. The molecule has 22 heavy (non-hydrogen) atoms. The number of para-hydroxylation sites is 1. The normalized spacial score (nSPS) is 21.8. The van der Waals surface area contributed by atoms with Crippen LogP contribution in [0.5, 0.6) is 0 Å². The van der Waals surface area contributed by atoms with Crippen LogP contribution in [0.4, 0.5) is 0 Å². The van der Waals surface area contributed by atoms with Crippen LogP contribution < -0.4 is 5.43 Å². The molecule has 1 aromatic heterocycles. The molecule has 2 atom stereocenters. The van der Waals surface area contributed by atoms with Crippen LogP contribution in [0, 0.1) is 11.8 Å². The average molecular weight is 299 g/mol.